The van der Waals surface area contributed by atoms with Gasteiger partial charge in [-0.3, -0.25) is 0 Å². The molecule has 1 saturated carbocycles. The number of anilines is 1. The topological polar surface area (TPSA) is 53.6 Å². The molecule has 146 valence electrons. The predicted molar refractivity (Wildman–Crippen MR) is 113 cm³/mol. The molecule has 1 aliphatic carbocycles. The van der Waals surface area contributed by atoms with Crippen molar-refractivity contribution >= 4 is 29.0 Å². The van der Waals surface area contributed by atoms with Gasteiger partial charge in [-0.25, -0.2) is 4.79 Å². The third-order valence-corrected chi connectivity index (χ3v) is 5.61. The number of nitrogens with one attached hydrogen (secondary N) is 2. The minimum absolute atomic E-state index is 0.00666. The Morgan fingerprint density at radius 3 is 2.56 bits per heavy atom. The van der Waals surface area contributed by atoms with Crippen LogP contribution in [-0.4, -0.2) is 31.3 Å². The van der Waals surface area contributed by atoms with Gasteiger partial charge < -0.3 is 20.3 Å². The second-order valence-electron chi connectivity index (χ2n) is 7.86. The van der Waals surface area contributed by atoms with Gasteiger partial charge in [-0.15, -0.1) is 0 Å². The summed E-state index contributed by atoms with van der Waals surface area (Å²) < 4.78 is 5.89. The average Bonchev–Trinajstić information content (AvgIpc) is 2.61. The highest BCUT2D eigenvalue weighted by atomic mass is 32.1. The Balaban J connectivity index is 1.84. The molecule has 0 bridgehead atoms. The zero-order chi connectivity index (χ0) is 19.6. The van der Waals surface area contributed by atoms with Crippen molar-refractivity contribution in [3.63, 3.8) is 0 Å². The fraction of sp³-hybridized carbons (Fsp3) is 0.524. The van der Waals surface area contributed by atoms with Gasteiger partial charge in [0.1, 0.15) is 6.10 Å². The molecule has 2 aliphatic rings. The van der Waals surface area contributed by atoms with Gasteiger partial charge in [-0.1, -0.05) is 25.5 Å². The summed E-state index contributed by atoms with van der Waals surface area (Å²) in [5.41, 5.74) is 3.47. The second-order valence-corrected chi connectivity index (χ2v) is 8.26. The van der Waals surface area contributed by atoms with E-state index in [1.165, 1.54) is 6.42 Å². The minimum atomic E-state index is -0.302. The lowest BCUT2D eigenvalue weighted by atomic mass is 9.88. The highest BCUT2D eigenvalue weighted by molar-refractivity contribution is 7.80. The molecule has 27 heavy (non-hydrogen) atoms. The number of benzene rings is 1. The maximum Gasteiger partial charge on any atom is 0.338 e. The summed E-state index contributed by atoms with van der Waals surface area (Å²) in [6, 6.07) is 7.85. The molecular formula is C21H29N3O2S. The fourth-order valence-corrected chi connectivity index (χ4v) is 4.15. The van der Waals surface area contributed by atoms with Gasteiger partial charge in [0.05, 0.1) is 11.6 Å². The van der Waals surface area contributed by atoms with Crippen LogP contribution >= 0.6 is 12.2 Å². The van der Waals surface area contributed by atoms with Crippen LogP contribution in [0.3, 0.4) is 0 Å². The van der Waals surface area contributed by atoms with Gasteiger partial charge in [0.15, 0.2) is 5.11 Å². The van der Waals surface area contributed by atoms with E-state index < -0.39 is 0 Å². The first-order chi connectivity index (χ1) is 12.8. The Hall–Kier alpha value is -2.08. The molecule has 0 amide bonds. The number of thiocarbonyl (C=S) groups is 1. The lowest BCUT2D eigenvalue weighted by Crippen LogP contribution is -2.45. The van der Waals surface area contributed by atoms with Crippen LogP contribution in [0, 0.1) is 5.92 Å². The molecule has 3 unspecified atom stereocenters. The molecule has 1 aliphatic heterocycles. The summed E-state index contributed by atoms with van der Waals surface area (Å²) in [6.45, 7) is 4.11. The zero-order valence-corrected chi connectivity index (χ0v) is 17.4. The van der Waals surface area contributed by atoms with Crippen molar-refractivity contribution in [2.75, 3.05) is 19.0 Å². The van der Waals surface area contributed by atoms with Crippen LogP contribution < -0.4 is 15.5 Å². The van der Waals surface area contributed by atoms with Gasteiger partial charge in [0, 0.05) is 25.5 Å². The van der Waals surface area contributed by atoms with Crippen LogP contribution in [0.1, 0.15) is 51.1 Å². The van der Waals surface area contributed by atoms with Crippen molar-refractivity contribution in [3.8, 4) is 0 Å². The first kappa shape index (κ1) is 19.7. The van der Waals surface area contributed by atoms with Gasteiger partial charge in [0.2, 0.25) is 0 Å². The van der Waals surface area contributed by atoms with E-state index in [9.17, 15) is 4.79 Å². The Morgan fingerprint density at radius 1 is 1.22 bits per heavy atom. The SMILES string of the molecule is CC1=C(C(=O)OC2CCCC(C)C2)C(c2ccc(N(C)C)cc2)NC(=S)N1. The molecule has 0 aromatic heterocycles. The smallest absolute Gasteiger partial charge is 0.338 e. The Labute approximate surface area is 167 Å². The van der Waals surface area contributed by atoms with E-state index in [0.29, 0.717) is 16.6 Å². The molecule has 5 nitrogen and oxygen atoms in total. The third-order valence-electron chi connectivity index (χ3n) is 5.39. The number of carbonyl (C=O) groups excluding carboxylic acids is 1. The highest BCUT2D eigenvalue weighted by Crippen LogP contribution is 2.31. The lowest BCUT2D eigenvalue weighted by molar-refractivity contribution is -0.146. The maximum atomic E-state index is 13.0. The van der Waals surface area contributed by atoms with Crippen molar-refractivity contribution in [1.82, 2.24) is 10.6 Å². The number of hydrogen-bond acceptors (Lipinski definition) is 4. The van der Waals surface area contributed by atoms with Crippen molar-refractivity contribution in [3.05, 3.63) is 41.1 Å². The van der Waals surface area contributed by atoms with E-state index in [4.69, 9.17) is 17.0 Å². The summed E-state index contributed by atoms with van der Waals surface area (Å²) in [4.78, 5) is 15.1. The van der Waals surface area contributed by atoms with Crippen LogP contribution in [-0.2, 0) is 9.53 Å². The molecular weight excluding hydrogens is 358 g/mol. The van der Waals surface area contributed by atoms with Crippen molar-refractivity contribution < 1.29 is 9.53 Å². The molecule has 3 atom stereocenters. The van der Waals surface area contributed by atoms with Crippen LogP contribution in [0.5, 0.6) is 0 Å². The van der Waals surface area contributed by atoms with Gasteiger partial charge in [0.25, 0.3) is 0 Å². The van der Waals surface area contributed by atoms with E-state index in [0.717, 1.165) is 36.2 Å². The summed E-state index contributed by atoms with van der Waals surface area (Å²) in [5, 5.41) is 6.84. The average molecular weight is 388 g/mol. The molecule has 2 N–H and O–H groups in total. The summed E-state index contributed by atoms with van der Waals surface area (Å²) >= 11 is 5.33. The highest BCUT2D eigenvalue weighted by Gasteiger charge is 2.33. The normalized spacial score (nSPS) is 25.5. The van der Waals surface area contributed by atoms with E-state index in [1.54, 1.807) is 0 Å². The van der Waals surface area contributed by atoms with Gasteiger partial charge >= 0.3 is 5.97 Å². The zero-order valence-electron chi connectivity index (χ0n) is 16.5. The Kier molecular flexibility index (Phi) is 6.05. The van der Waals surface area contributed by atoms with E-state index in [2.05, 4.69) is 17.6 Å². The number of allylic oxidation sites excluding steroid dienone is 1. The molecule has 1 aromatic rings. The number of hydrogen-bond donors (Lipinski definition) is 2. The number of carbonyl (C=O) groups is 1. The van der Waals surface area contributed by atoms with E-state index in [-0.39, 0.29) is 18.1 Å². The molecule has 6 heteroatoms. The van der Waals surface area contributed by atoms with Crippen molar-refractivity contribution in [2.45, 2.75) is 51.7 Å². The molecule has 0 radical (unpaired) electrons. The van der Waals surface area contributed by atoms with Crippen molar-refractivity contribution in [2.24, 2.45) is 5.92 Å². The van der Waals surface area contributed by atoms with E-state index >= 15 is 0 Å². The molecule has 1 aromatic carbocycles. The molecule has 0 saturated heterocycles. The fourth-order valence-electron chi connectivity index (χ4n) is 3.88. The predicted octanol–water partition coefficient (Wildman–Crippen LogP) is 3.67. The molecule has 1 fully saturated rings. The Bertz CT molecular complexity index is 742. The molecule has 0 spiro atoms. The standard InChI is InChI=1S/C21H29N3O2S/c1-13-6-5-7-17(12-13)26-20(25)18-14(2)22-21(27)23-19(18)15-8-10-16(11-9-15)24(3)4/h8-11,13,17,19H,5-7,12H2,1-4H3,(H2,22,23,27). The maximum absolute atomic E-state index is 13.0. The molecule has 3 rings (SSSR count). The Morgan fingerprint density at radius 2 is 1.93 bits per heavy atom. The quantitative estimate of drug-likeness (QED) is 0.607. The third kappa shape index (κ3) is 4.61. The lowest BCUT2D eigenvalue weighted by Gasteiger charge is -2.32. The first-order valence-corrected chi connectivity index (χ1v) is 10.0. The number of esters is 1. The summed E-state index contributed by atoms with van der Waals surface area (Å²) in [7, 11) is 4.01. The second kappa shape index (κ2) is 8.30. The van der Waals surface area contributed by atoms with Crippen LogP contribution in [0.25, 0.3) is 0 Å². The summed E-state index contributed by atoms with van der Waals surface area (Å²) in [6.07, 6.45) is 4.23. The van der Waals surface area contributed by atoms with Gasteiger partial charge in [-0.05, 0) is 62.0 Å². The molecule has 1 heterocycles. The monoisotopic (exact) mass is 387 g/mol. The largest absolute Gasteiger partial charge is 0.459 e. The van der Waals surface area contributed by atoms with Gasteiger partial charge in [-0.2, -0.15) is 0 Å². The number of rotatable bonds is 4. The van der Waals surface area contributed by atoms with E-state index in [1.807, 2.05) is 50.2 Å². The number of ether oxygens (including phenoxy) is 1. The minimum Gasteiger partial charge on any atom is -0.459 e. The van der Waals surface area contributed by atoms with Crippen LogP contribution in [0.4, 0.5) is 5.69 Å². The summed E-state index contributed by atoms with van der Waals surface area (Å²) in [5.74, 6) is 0.354. The first-order valence-electron chi connectivity index (χ1n) is 9.61. The number of nitrogens with zero attached hydrogens (tertiary/aromatic N) is 1. The van der Waals surface area contributed by atoms with Crippen LogP contribution in [0.2, 0.25) is 0 Å². The van der Waals surface area contributed by atoms with Crippen LogP contribution in [0.15, 0.2) is 35.5 Å². The van der Waals surface area contributed by atoms with Crippen molar-refractivity contribution in [1.29, 1.82) is 0 Å².